The zero-order valence-corrected chi connectivity index (χ0v) is 21.0. The maximum absolute atomic E-state index is 5.44. The molecular formula is C18H28N6O6Si2. The Kier molecular flexibility index (Phi) is 8.02. The lowest BCUT2D eigenvalue weighted by molar-refractivity contribution is 0.114. The average Bonchev–Trinajstić information content (AvgIpc) is 3.51. The fourth-order valence-corrected chi connectivity index (χ4v) is 5.93. The first-order valence-electron chi connectivity index (χ1n) is 9.66. The van der Waals surface area contributed by atoms with Crippen LogP contribution in [0.3, 0.4) is 0 Å². The van der Waals surface area contributed by atoms with Gasteiger partial charge in [0.05, 0.1) is 0 Å². The van der Waals surface area contributed by atoms with Gasteiger partial charge >= 0.3 is 17.6 Å². The van der Waals surface area contributed by atoms with Crippen molar-refractivity contribution in [2.24, 2.45) is 0 Å². The van der Waals surface area contributed by atoms with Crippen molar-refractivity contribution in [3.8, 4) is 22.8 Å². The first-order chi connectivity index (χ1) is 15.5. The maximum atomic E-state index is 5.44. The minimum atomic E-state index is -2.80. The van der Waals surface area contributed by atoms with Gasteiger partial charge in [0, 0.05) is 53.8 Å². The van der Waals surface area contributed by atoms with E-state index in [9.17, 15) is 0 Å². The summed E-state index contributed by atoms with van der Waals surface area (Å²) in [5, 5.41) is 9.02. The third-order valence-electron chi connectivity index (χ3n) is 5.05. The maximum Gasteiger partial charge on any atom is 0.522 e. The van der Waals surface area contributed by atoms with Crippen LogP contribution in [-0.2, 0) is 38.9 Å². The molecule has 32 heavy (non-hydrogen) atoms. The average molecular weight is 481 g/mol. The highest BCUT2D eigenvalue weighted by atomic mass is 28.4. The lowest BCUT2D eigenvalue weighted by atomic mass is 10.1. The van der Waals surface area contributed by atoms with Gasteiger partial charge in [0.15, 0.2) is 11.6 Å². The Morgan fingerprint density at radius 1 is 0.594 bits per heavy atom. The van der Waals surface area contributed by atoms with Crippen LogP contribution in [0.4, 0.5) is 0 Å². The number of hydrogen-bond acceptors (Lipinski definition) is 10. The van der Waals surface area contributed by atoms with Crippen LogP contribution >= 0.6 is 0 Å². The lowest BCUT2D eigenvalue weighted by Crippen LogP contribution is -2.47. The van der Waals surface area contributed by atoms with Crippen LogP contribution in [0.15, 0.2) is 36.9 Å². The van der Waals surface area contributed by atoms with Gasteiger partial charge in [0.1, 0.15) is 25.0 Å². The van der Waals surface area contributed by atoms with E-state index in [0.29, 0.717) is 24.0 Å². The van der Waals surface area contributed by atoms with Crippen molar-refractivity contribution in [3.63, 3.8) is 0 Å². The molecule has 14 heteroatoms. The number of rotatable bonds is 12. The van der Waals surface area contributed by atoms with Crippen molar-refractivity contribution in [1.29, 1.82) is 0 Å². The Morgan fingerprint density at radius 3 is 1.19 bits per heavy atom. The van der Waals surface area contributed by atoms with Crippen LogP contribution in [-0.4, -0.2) is 89.8 Å². The minimum absolute atomic E-state index is 0.359. The minimum Gasteiger partial charge on any atom is -0.376 e. The third-order valence-corrected chi connectivity index (χ3v) is 10.2. The van der Waals surface area contributed by atoms with Crippen LogP contribution in [0.25, 0.3) is 22.8 Å². The van der Waals surface area contributed by atoms with E-state index in [0.717, 1.165) is 11.1 Å². The number of aromatic nitrogens is 6. The molecule has 12 nitrogen and oxygen atoms in total. The van der Waals surface area contributed by atoms with Gasteiger partial charge in [-0.1, -0.05) is 24.3 Å². The summed E-state index contributed by atoms with van der Waals surface area (Å²) in [6, 6.07) is 7.67. The van der Waals surface area contributed by atoms with E-state index in [-0.39, 0.29) is 0 Å². The van der Waals surface area contributed by atoms with E-state index < -0.39 is 17.6 Å². The molecule has 0 saturated carbocycles. The second-order valence-electron chi connectivity index (χ2n) is 6.70. The summed E-state index contributed by atoms with van der Waals surface area (Å²) < 4.78 is 36.0. The standard InChI is InChI=1S/C18H28N6O6Si2/c1-25-31(26-2,27-3)13-23-11-19-17(21-23)15-7-9-16(10-8-15)18-20-12-24(22-18)14-32(28-4,29-5)30-6/h7-12H,13-14H2,1-6H3. The molecule has 0 amide bonds. The molecule has 3 rings (SSSR count). The molecule has 0 radical (unpaired) electrons. The predicted molar refractivity (Wildman–Crippen MR) is 118 cm³/mol. The summed E-state index contributed by atoms with van der Waals surface area (Å²) in [4.78, 5) is 8.77. The summed E-state index contributed by atoms with van der Waals surface area (Å²) in [5.41, 5.74) is 1.71. The number of hydrogen-bond donors (Lipinski definition) is 0. The van der Waals surface area contributed by atoms with E-state index in [1.807, 2.05) is 24.3 Å². The Morgan fingerprint density at radius 2 is 0.906 bits per heavy atom. The van der Waals surface area contributed by atoms with E-state index in [2.05, 4.69) is 20.2 Å². The van der Waals surface area contributed by atoms with Gasteiger partial charge < -0.3 is 26.6 Å². The first kappa shape index (κ1) is 24.3. The first-order valence-corrected chi connectivity index (χ1v) is 13.5. The zero-order chi connectivity index (χ0) is 23.2. The van der Waals surface area contributed by atoms with Gasteiger partial charge in [-0.3, -0.25) is 0 Å². The van der Waals surface area contributed by atoms with E-state index in [4.69, 9.17) is 26.6 Å². The third kappa shape index (κ3) is 5.18. The van der Waals surface area contributed by atoms with Gasteiger partial charge in [-0.25, -0.2) is 19.3 Å². The molecule has 0 atom stereocenters. The topological polar surface area (TPSA) is 117 Å². The fourth-order valence-electron chi connectivity index (χ4n) is 3.06. The van der Waals surface area contributed by atoms with Crippen molar-refractivity contribution in [1.82, 2.24) is 29.5 Å². The SMILES string of the molecule is CO[Si](Cn1cnc(-c2ccc(-c3ncn(C[Si](OC)(OC)OC)n3)cc2)n1)(OC)OC. The largest absolute Gasteiger partial charge is 0.522 e. The van der Waals surface area contributed by atoms with Gasteiger partial charge in [0.25, 0.3) is 0 Å². The van der Waals surface area contributed by atoms with Crippen molar-refractivity contribution < 1.29 is 26.6 Å². The van der Waals surface area contributed by atoms with Crippen molar-refractivity contribution in [3.05, 3.63) is 36.9 Å². The molecule has 0 aliphatic rings. The van der Waals surface area contributed by atoms with Crippen LogP contribution in [0.1, 0.15) is 0 Å². The summed E-state index contributed by atoms with van der Waals surface area (Å²) >= 11 is 0. The van der Waals surface area contributed by atoms with Crippen LogP contribution in [0, 0.1) is 0 Å². The molecule has 0 aliphatic carbocycles. The van der Waals surface area contributed by atoms with E-state index in [1.54, 1.807) is 64.7 Å². The second-order valence-corrected chi connectivity index (χ2v) is 12.5. The van der Waals surface area contributed by atoms with Gasteiger partial charge in [-0.2, -0.15) is 10.2 Å². The zero-order valence-electron chi connectivity index (χ0n) is 19.0. The highest BCUT2D eigenvalue weighted by Gasteiger charge is 2.40. The van der Waals surface area contributed by atoms with Crippen LogP contribution in [0.5, 0.6) is 0 Å². The summed E-state index contributed by atoms with van der Waals surface area (Å²) in [5.74, 6) is 1.16. The molecular weight excluding hydrogens is 452 g/mol. The molecule has 2 heterocycles. The van der Waals surface area contributed by atoms with E-state index >= 15 is 0 Å². The van der Waals surface area contributed by atoms with Crippen molar-refractivity contribution in [2.45, 2.75) is 12.3 Å². The monoisotopic (exact) mass is 480 g/mol. The Hall–Kier alpha value is -2.31. The molecule has 0 spiro atoms. The predicted octanol–water partition coefficient (Wildman–Crippen LogP) is 1.04. The molecule has 174 valence electrons. The summed E-state index contributed by atoms with van der Waals surface area (Å²) in [7, 11) is 3.77. The summed E-state index contributed by atoms with van der Waals surface area (Å²) in [6.45, 7) is 0. The van der Waals surface area contributed by atoms with Crippen molar-refractivity contribution in [2.75, 3.05) is 42.7 Å². The van der Waals surface area contributed by atoms with E-state index in [1.165, 1.54) is 0 Å². The molecule has 0 bridgehead atoms. The molecule has 0 unspecified atom stereocenters. The van der Waals surface area contributed by atoms with Crippen molar-refractivity contribution >= 4 is 17.6 Å². The number of nitrogens with zero attached hydrogens (tertiary/aromatic N) is 6. The number of benzene rings is 1. The normalized spacial score (nSPS) is 12.4. The molecule has 0 saturated heterocycles. The van der Waals surface area contributed by atoms with Gasteiger partial charge in [-0.15, -0.1) is 0 Å². The smallest absolute Gasteiger partial charge is 0.376 e. The molecule has 0 N–H and O–H groups in total. The molecule has 2 aromatic heterocycles. The Bertz CT molecular complexity index is 894. The quantitative estimate of drug-likeness (QED) is 0.348. The second kappa shape index (κ2) is 10.5. The Balaban J connectivity index is 1.73. The molecule has 0 aliphatic heterocycles. The van der Waals surface area contributed by atoms with Gasteiger partial charge in [0.2, 0.25) is 0 Å². The van der Waals surface area contributed by atoms with Gasteiger partial charge in [-0.05, 0) is 0 Å². The van der Waals surface area contributed by atoms with Crippen LogP contribution < -0.4 is 0 Å². The van der Waals surface area contributed by atoms with Crippen LogP contribution in [0.2, 0.25) is 0 Å². The highest BCUT2D eigenvalue weighted by molar-refractivity contribution is 6.59. The Labute approximate surface area is 188 Å². The lowest BCUT2D eigenvalue weighted by Gasteiger charge is -2.23. The molecule has 3 aromatic rings. The fraction of sp³-hybridized carbons (Fsp3) is 0.444. The highest BCUT2D eigenvalue weighted by Crippen LogP contribution is 2.21. The molecule has 1 aromatic carbocycles. The summed E-state index contributed by atoms with van der Waals surface area (Å²) in [6.07, 6.45) is 3.97. The molecule has 0 fully saturated rings.